The van der Waals surface area contributed by atoms with E-state index in [0.717, 1.165) is 25.7 Å². The molecule has 76 valence electrons. The Balaban J connectivity index is 2.37. The summed E-state index contributed by atoms with van der Waals surface area (Å²) < 4.78 is 0. The molecule has 0 aromatic heterocycles. The lowest BCUT2D eigenvalue weighted by Gasteiger charge is -2.29. The third-order valence-corrected chi connectivity index (χ3v) is 2.69. The Morgan fingerprint density at radius 1 is 1.15 bits per heavy atom. The van der Waals surface area contributed by atoms with E-state index in [1.54, 1.807) is 0 Å². The molecule has 1 rings (SSSR count). The molecule has 0 aromatic rings. The van der Waals surface area contributed by atoms with Crippen LogP contribution in [-0.2, 0) is 4.79 Å². The Kier molecular flexibility index (Phi) is 4.43. The fourth-order valence-electron chi connectivity index (χ4n) is 2.15. The first-order chi connectivity index (χ1) is 6.26. The highest BCUT2D eigenvalue weighted by molar-refractivity contribution is 5.80. The smallest absolute Gasteiger partial charge is 0.136 e. The Morgan fingerprint density at radius 2 is 1.62 bits per heavy atom. The van der Waals surface area contributed by atoms with Gasteiger partial charge in [-0.2, -0.15) is 0 Å². The minimum atomic E-state index is 0.454. The Bertz CT molecular complexity index is 151. The molecule has 2 unspecified atom stereocenters. The molecule has 13 heavy (non-hydrogen) atoms. The van der Waals surface area contributed by atoms with Crippen LogP contribution in [0.1, 0.15) is 52.4 Å². The van der Waals surface area contributed by atoms with E-state index in [9.17, 15) is 4.79 Å². The van der Waals surface area contributed by atoms with E-state index in [-0.39, 0.29) is 0 Å². The zero-order valence-corrected chi connectivity index (χ0v) is 8.81. The largest absolute Gasteiger partial charge is 0.310 e. The molecule has 2 heteroatoms. The van der Waals surface area contributed by atoms with E-state index in [1.807, 2.05) is 0 Å². The SMILES string of the molecule is CCCC1CC(=O)CC(CCC)N1. The predicted molar refractivity (Wildman–Crippen MR) is 54.8 cm³/mol. The monoisotopic (exact) mass is 183 g/mol. The first kappa shape index (κ1) is 10.7. The second-order valence-electron chi connectivity index (χ2n) is 4.08. The van der Waals surface area contributed by atoms with Crippen molar-refractivity contribution in [3.8, 4) is 0 Å². The number of hydrogen-bond donors (Lipinski definition) is 1. The number of piperidine rings is 1. The standard InChI is InChI=1S/C11H21NO/c1-3-5-9-7-11(13)8-10(12-9)6-4-2/h9-10,12H,3-8H2,1-2H3. The molecule has 0 spiro atoms. The Morgan fingerprint density at radius 3 is 2.00 bits per heavy atom. The van der Waals surface area contributed by atoms with Gasteiger partial charge in [-0.15, -0.1) is 0 Å². The summed E-state index contributed by atoms with van der Waals surface area (Å²) in [4.78, 5) is 11.4. The number of nitrogens with one attached hydrogen (secondary N) is 1. The molecule has 1 N–H and O–H groups in total. The van der Waals surface area contributed by atoms with E-state index in [1.165, 1.54) is 12.8 Å². The summed E-state index contributed by atoms with van der Waals surface area (Å²) in [5.41, 5.74) is 0. The highest BCUT2D eigenvalue weighted by atomic mass is 16.1. The lowest BCUT2D eigenvalue weighted by molar-refractivity contribution is -0.121. The third-order valence-electron chi connectivity index (χ3n) is 2.69. The van der Waals surface area contributed by atoms with Gasteiger partial charge < -0.3 is 5.32 Å². The summed E-state index contributed by atoms with van der Waals surface area (Å²) in [5, 5.41) is 3.56. The maximum absolute atomic E-state index is 11.4. The molecule has 1 fully saturated rings. The highest BCUT2D eigenvalue weighted by Gasteiger charge is 2.24. The van der Waals surface area contributed by atoms with Gasteiger partial charge in [0.05, 0.1) is 0 Å². The van der Waals surface area contributed by atoms with Crippen LogP contribution < -0.4 is 5.32 Å². The average molecular weight is 183 g/mol. The molecule has 1 saturated heterocycles. The van der Waals surface area contributed by atoms with Crippen molar-refractivity contribution in [3.63, 3.8) is 0 Å². The fourth-order valence-corrected chi connectivity index (χ4v) is 2.15. The van der Waals surface area contributed by atoms with Crippen LogP contribution in [-0.4, -0.2) is 17.9 Å². The fraction of sp³-hybridized carbons (Fsp3) is 0.909. The van der Waals surface area contributed by atoms with Crippen molar-refractivity contribution < 1.29 is 4.79 Å². The number of ketones is 1. The number of rotatable bonds is 4. The molecule has 1 aliphatic heterocycles. The van der Waals surface area contributed by atoms with E-state index in [2.05, 4.69) is 19.2 Å². The van der Waals surface area contributed by atoms with Crippen molar-refractivity contribution in [2.45, 2.75) is 64.5 Å². The van der Waals surface area contributed by atoms with Crippen molar-refractivity contribution in [3.05, 3.63) is 0 Å². The summed E-state index contributed by atoms with van der Waals surface area (Å²) in [5.74, 6) is 0.454. The van der Waals surface area contributed by atoms with Gasteiger partial charge >= 0.3 is 0 Å². The van der Waals surface area contributed by atoms with Crippen molar-refractivity contribution in [1.29, 1.82) is 0 Å². The second-order valence-corrected chi connectivity index (χ2v) is 4.08. The molecule has 2 atom stereocenters. The molecule has 2 nitrogen and oxygen atoms in total. The zero-order valence-electron chi connectivity index (χ0n) is 8.81. The van der Waals surface area contributed by atoms with Crippen LogP contribution in [0.15, 0.2) is 0 Å². The highest BCUT2D eigenvalue weighted by Crippen LogP contribution is 2.16. The van der Waals surface area contributed by atoms with E-state index < -0.39 is 0 Å². The van der Waals surface area contributed by atoms with Crippen LogP contribution >= 0.6 is 0 Å². The molecule has 0 bridgehead atoms. The minimum Gasteiger partial charge on any atom is -0.310 e. The molecule has 1 heterocycles. The quantitative estimate of drug-likeness (QED) is 0.724. The van der Waals surface area contributed by atoms with Gasteiger partial charge in [-0.05, 0) is 12.8 Å². The molecular formula is C11H21NO. The Labute approximate surface area is 81.1 Å². The first-order valence-electron chi connectivity index (χ1n) is 5.54. The van der Waals surface area contributed by atoms with Crippen molar-refractivity contribution in [2.75, 3.05) is 0 Å². The zero-order chi connectivity index (χ0) is 9.68. The summed E-state index contributed by atoms with van der Waals surface area (Å²) in [7, 11) is 0. The Hall–Kier alpha value is -0.370. The molecule has 0 saturated carbocycles. The molecular weight excluding hydrogens is 162 g/mol. The van der Waals surface area contributed by atoms with Crippen LogP contribution in [0.2, 0.25) is 0 Å². The first-order valence-corrected chi connectivity index (χ1v) is 5.54. The van der Waals surface area contributed by atoms with Gasteiger partial charge in [-0.1, -0.05) is 26.7 Å². The van der Waals surface area contributed by atoms with Gasteiger partial charge in [-0.3, -0.25) is 4.79 Å². The number of carbonyl (C=O) groups excluding carboxylic acids is 1. The summed E-state index contributed by atoms with van der Waals surface area (Å²) in [6.45, 7) is 4.35. The minimum absolute atomic E-state index is 0.454. The number of Topliss-reactive ketones (excluding diaryl/α,β-unsaturated/α-hetero) is 1. The summed E-state index contributed by atoms with van der Waals surface area (Å²) in [6.07, 6.45) is 6.15. The van der Waals surface area contributed by atoms with Gasteiger partial charge in [0.25, 0.3) is 0 Å². The van der Waals surface area contributed by atoms with Gasteiger partial charge in [0, 0.05) is 24.9 Å². The van der Waals surface area contributed by atoms with Crippen LogP contribution in [0, 0.1) is 0 Å². The van der Waals surface area contributed by atoms with Crippen LogP contribution in [0.4, 0.5) is 0 Å². The number of carbonyl (C=O) groups is 1. The van der Waals surface area contributed by atoms with Crippen LogP contribution in [0.25, 0.3) is 0 Å². The lowest BCUT2D eigenvalue weighted by Crippen LogP contribution is -2.45. The summed E-state index contributed by atoms with van der Waals surface area (Å²) in [6, 6.07) is 0.922. The molecule has 0 aliphatic carbocycles. The van der Waals surface area contributed by atoms with Crippen molar-refractivity contribution in [2.24, 2.45) is 0 Å². The lowest BCUT2D eigenvalue weighted by atomic mass is 9.92. The van der Waals surface area contributed by atoms with Gasteiger partial charge in [0.15, 0.2) is 0 Å². The predicted octanol–water partition coefficient (Wildman–Crippen LogP) is 2.28. The summed E-state index contributed by atoms with van der Waals surface area (Å²) >= 11 is 0. The van der Waals surface area contributed by atoms with E-state index >= 15 is 0 Å². The number of hydrogen-bond acceptors (Lipinski definition) is 2. The van der Waals surface area contributed by atoms with Crippen molar-refractivity contribution >= 4 is 5.78 Å². The van der Waals surface area contributed by atoms with E-state index in [4.69, 9.17) is 0 Å². The van der Waals surface area contributed by atoms with Crippen molar-refractivity contribution in [1.82, 2.24) is 5.32 Å². The normalized spacial score (nSPS) is 29.2. The van der Waals surface area contributed by atoms with Crippen LogP contribution in [0.5, 0.6) is 0 Å². The average Bonchev–Trinajstić information content (AvgIpc) is 2.04. The second kappa shape index (κ2) is 5.38. The third kappa shape index (κ3) is 3.47. The van der Waals surface area contributed by atoms with Crippen LogP contribution in [0.3, 0.4) is 0 Å². The van der Waals surface area contributed by atoms with E-state index in [0.29, 0.717) is 17.9 Å². The maximum Gasteiger partial charge on any atom is 0.136 e. The molecule has 0 amide bonds. The van der Waals surface area contributed by atoms with Gasteiger partial charge in [0.2, 0.25) is 0 Å². The maximum atomic E-state index is 11.4. The molecule has 1 aliphatic rings. The molecule has 0 radical (unpaired) electrons. The topological polar surface area (TPSA) is 29.1 Å². The van der Waals surface area contributed by atoms with Gasteiger partial charge in [-0.25, -0.2) is 0 Å². The molecule has 0 aromatic carbocycles. The van der Waals surface area contributed by atoms with Gasteiger partial charge in [0.1, 0.15) is 5.78 Å².